The van der Waals surface area contributed by atoms with E-state index in [1.54, 1.807) is 0 Å². The molecule has 1 heterocycles. The Kier molecular flexibility index (Phi) is 2.93. The van der Waals surface area contributed by atoms with Crippen molar-refractivity contribution >= 4 is 5.69 Å². The minimum atomic E-state index is 0.704. The molecule has 0 spiro atoms. The van der Waals surface area contributed by atoms with Crippen LogP contribution in [0.4, 0.5) is 5.69 Å². The van der Waals surface area contributed by atoms with Gasteiger partial charge in [-0.15, -0.1) is 0 Å². The highest BCUT2D eigenvalue weighted by atomic mass is 16.5. The Morgan fingerprint density at radius 3 is 2.89 bits per heavy atom. The van der Waals surface area contributed by atoms with Crippen LogP contribution in [-0.4, -0.2) is 13.2 Å². The van der Waals surface area contributed by atoms with Crippen molar-refractivity contribution in [2.45, 2.75) is 13.3 Å². The van der Waals surface area contributed by atoms with Crippen LogP contribution in [0.1, 0.15) is 12.5 Å². The van der Waals surface area contributed by atoms with Gasteiger partial charge in [-0.25, -0.2) is 0 Å². The SMILES string of the molecule is CCOc1cccc(-c2ccc3c(c2)NCC3)c1. The van der Waals surface area contributed by atoms with Gasteiger partial charge in [0.15, 0.2) is 0 Å². The summed E-state index contributed by atoms with van der Waals surface area (Å²) in [5.41, 5.74) is 5.14. The Labute approximate surface area is 108 Å². The first-order valence-electron chi connectivity index (χ1n) is 6.47. The Morgan fingerprint density at radius 2 is 2.00 bits per heavy atom. The first kappa shape index (κ1) is 11.1. The number of benzene rings is 2. The monoisotopic (exact) mass is 239 g/mol. The normalized spacial score (nSPS) is 12.9. The summed E-state index contributed by atoms with van der Waals surface area (Å²) in [6, 6.07) is 14.9. The minimum absolute atomic E-state index is 0.704. The van der Waals surface area contributed by atoms with Gasteiger partial charge in [-0.1, -0.05) is 24.3 Å². The molecule has 0 unspecified atom stereocenters. The molecule has 0 radical (unpaired) electrons. The zero-order chi connectivity index (χ0) is 12.4. The van der Waals surface area contributed by atoms with Gasteiger partial charge >= 0.3 is 0 Å². The molecule has 1 aliphatic rings. The molecule has 0 saturated carbocycles. The molecule has 2 nitrogen and oxygen atoms in total. The maximum absolute atomic E-state index is 5.55. The summed E-state index contributed by atoms with van der Waals surface area (Å²) in [6.45, 7) is 3.76. The smallest absolute Gasteiger partial charge is 0.119 e. The van der Waals surface area contributed by atoms with Crippen LogP contribution in [0.2, 0.25) is 0 Å². The van der Waals surface area contributed by atoms with Gasteiger partial charge in [0.1, 0.15) is 5.75 Å². The van der Waals surface area contributed by atoms with Crippen molar-refractivity contribution in [2.75, 3.05) is 18.5 Å². The molecule has 0 fully saturated rings. The third kappa shape index (κ3) is 2.06. The van der Waals surface area contributed by atoms with Gasteiger partial charge in [-0.2, -0.15) is 0 Å². The third-order valence-electron chi connectivity index (χ3n) is 3.30. The molecule has 1 aliphatic heterocycles. The molecule has 2 aromatic carbocycles. The van der Waals surface area contributed by atoms with Gasteiger partial charge in [0.25, 0.3) is 0 Å². The topological polar surface area (TPSA) is 21.3 Å². The molecular formula is C16H17NO. The molecule has 2 heteroatoms. The summed E-state index contributed by atoms with van der Waals surface area (Å²) in [4.78, 5) is 0. The van der Waals surface area contributed by atoms with Crippen LogP contribution in [0.25, 0.3) is 11.1 Å². The number of fused-ring (bicyclic) bond motifs is 1. The zero-order valence-electron chi connectivity index (χ0n) is 10.6. The molecule has 18 heavy (non-hydrogen) atoms. The Balaban J connectivity index is 1.96. The van der Waals surface area contributed by atoms with E-state index >= 15 is 0 Å². The lowest BCUT2D eigenvalue weighted by Gasteiger charge is -2.08. The fourth-order valence-electron chi connectivity index (χ4n) is 2.40. The zero-order valence-corrected chi connectivity index (χ0v) is 10.6. The van der Waals surface area contributed by atoms with Crippen molar-refractivity contribution in [1.82, 2.24) is 0 Å². The number of hydrogen-bond donors (Lipinski definition) is 1. The molecule has 0 amide bonds. The summed E-state index contributed by atoms with van der Waals surface area (Å²) in [6.07, 6.45) is 1.13. The van der Waals surface area contributed by atoms with Crippen molar-refractivity contribution in [1.29, 1.82) is 0 Å². The molecule has 0 atom stereocenters. The molecule has 0 saturated heterocycles. The van der Waals surface area contributed by atoms with E-state index in [0.29, 0.717) is 6.61 Å². The molecule has 0 bridgehead atoms. The van der Waals surface area contributed by atoms with E-state index in [9.17, 15) is 0 Å². The average molecular weight is 239 g/mol. The van der Waals surface area contributed by atoms with Crippen molar-refractivity contribution in [3.63, 3.8) is 0 Å². The lowest BCUT2D eigenvalue weighted by molar-refractivity contribution is 0.340. The first-order chi connectivity index (χ1) is 8.86. The van der Waals surface area contributed by atoms with Crippen LogP contribution in [0.15, 0.2) is 42.5 Å². The van der Waals surface area contributed by atoms with Crippen molar-refractivity contribution in [3.8, 4) is 16.9 Å². The van der Waals surface area contributed by atoms with E-state index in [1.165, 1.54) is 22.4 Å². The van der Waals surface area contributed by atoms with Crippen LogP contribution in [0.3, 0.4) is 0 Å². The second-order valence-electron chi connectivity index (χ2n) is 4.51. The molecule has 0 aromatic heterocycles. The number of hydrogen-bond acceptors (Lipinski definition) is 2. The fourth-order valence-corrected chi connectivity index (χ4v) is 2.40. The second kappa shape index (κ2) is 4.73. The largest absolute Gasteiger partial charge is 0.494 e. The van der Waals surface area contributed by atoms with Gasteiger partial charge in [0, 0.05) is 12.2 Å². The van der Waals surface area contributed by atoms with Crippen LogP contribution < -0.4 is 10.1 Å². The highest BCUT2D eigenvalue weighted by Crippen LogP contribution is 2.30. The summed E-state index contributed by atoms with van der Waals surface area (Å²) in [5.74, 6) is 0.934. The number of ether oxygens (including phenoxy) is 1. The van der Waals surface area contributed by atoms with Crippen LogP contribution >= 0.6 is 0 Å². The highest BCUT2D eigenvalue weighted by molar-refractivity contribution is 5.72. The standard InChI is InChI=1S/C16H17NO/c1-2-18-15-5-3-4-13(10-15)14-7-6-12-8-9-17-16(12)11-14/h3-7,10-11,17H,2,8-9H2,1H3. The van der Waals surface area contributed by atoms with E-state index in [2.05, 4.69) is 35.6 Å². The lowest BCUT2D eigenvalue weighted by atomic mass is 10.0. The molecule has 3 rings (SSSR count). The maximum Gasteiger partial charge on any atom is 0.119 e. The van der Waals surface area contributed by atoms with E-state index < -0.39 is 0 Å². The van der Waals surface area contributed by atoms with Crippen molar-refractivity contribution < 1.29 is 4.74 Å². The molecule has 1 N–H and O–H groups in total. The first-order valence-corrected chi connectivity index (χ1v) is 6.47. The maximum atomic E-state index is 5.55. The van der Waals surface area contributed by atoms with Crippen molar-refractivity contribution in [3.05, 3.63) is 48.0 Å². The minimum Gasteiger partial charge on any atom is -0.494 e. The van der Waals surface area contributed by atoms with Crippen LogP contribution in [0.5, 0.6) is 5.75 Å². The van der Waals surface area contributed by atoms with Gasteiger partial charge < -0.3 is 10.1 Å². The van der Waals surface area contributed by atoms with E-state index in [1.807, 2.05) is 19.1 Å². The summed E-state index contributed by atoms with van der Waals surface area (Å²) >= 11 is 0. The fraction of sp³-hybridized carbons (Fsp3) is 0.250. The highest BCUT2D eigenvalue weighted by Gasteiger charge is 2.10. The predicted octanol–water partition coefficient (Wildman–Crippen LogP) is 3.72. The van der Waals surface area contributed by atoms with Gasteiger partial charge in [0.2, 0.25) is 0 Å². The number of nitrogens with one attached hydrogen (secondary N) is 1. The third-order valence-corrected chi connectivity index (χ3v) is 3.30. The second-order valence-corrected chi connectivity index (χ2v) is 4.51. The summed E-state index contributed by atoms with van der Waals surface area (Å²) < 4.78 is 5.55. The molecular weight excluding hydrogens is 222 g/mol. The quantitative estimate of drug-likeness (QED) is 0.881. The average Bonchev–Trinajstić information content (AvgIpc) is 2.86. The number of rotatable bonds is 3. The molecule has 2 aromatic rings. The van der Waals surface area contributed by atoms with E-state index in [-0.39, 0.29) is 0 Å². The summed E-state index contributed by atoms with van der Waals surface area (Å²) in [7, 11) is 0. The summed E-state index contributed by atoms with van der Waals surface area (Å²) in [5, 5.41) is 3.42. The van der Waals surface area contributed by atoms with E-state index in [4.69, 9.17) is 4.74 Å². The Bertz CT molecular complexity index is 563. The van der Waals surface area contributed by atoms with Gasteiger partial charge in [-0.05, 0) is 48.2 Å². The molecule has 0 aliphatic carbocycles. The van der Waals surface area contributed by atoms with Crippen molar-refractivity contribution in [2.24, 2.45) is 0 Å². The number of anilines is 1. The predicted molar refractivity (Wildman–Crippen MR) is 75.2 cm³/mol. The Hall–Kier alpha value is -1.96. The lowest BCUT2D eigenvalue weighted by Crippen LogP contribution is -1.92. The van der Waals surface area contributed by atoms with Crippen LogP contribution in [-0.2, 0) is 6.42 Å². The van der Waals surface area contributed by atoms with Gasteiger partial charge in [-0.3, -0.25) is 0 Å². The Morgan fingerprint density at radius 1 is 1.11 bits per heavy atom. The van der Waals surface area contributed by atoms with Gasteiger partial charge in [0.05, 0.1) is 6.61 Å². The van der Waals surface area contributed by atoms with E-state index in [0.717, 1.165) is 18.7 Å². The molecule has 92 valence electrons. The van der Waals surface area contributed by atoms with Crippen LogP contribution in [0, 0.1) is 0 Å².